The highest BCUT2D eigenvalue weighted by Crippen LogP contribution is 2.27. The fourth-order valence-corrected chi connectivity index (χ4v) is 3.15. The molecule has 0 aliphatic rings. The summed E-state index contributed by atoms with van der Waals surface area (Å²) in [6.07, 6.45) is 0. The number of aromatic nitrogens is 1. The second-order valence-corrected chi connectivity index (χ2v) is 6.66. The zero-order valence-electron chi connectivity index (χ0n) is 13.9. The van der Waals surface area contributed by atoms with E-state index < -0.39 is 0 Å². The number of aliphatic imine (C=N–C) groups is 1. The highest BCUT2D eigenvalue weighted by atomic mass is 35.5. The first kappa shape index (κ1) is 18.9. The van der Waals surface area contributed by atoms with E-state index in [2.05, 4.69) is 15.3 Å². The third-order valence-corrected chi connectivity index (χ3v) is 4.27. The van der Waals surface area contributed by atoms with Crippen LogP contribution in [0.3, 0.4) is 0 Å². The fourth-order valence-electron chi connectivity index (χ4n) is 2.25. The van der Waals surface area contributed by atoms with Gasteiger partial charge in [-0.3, -0.25) is 15.1 Å². The number of amidine groups is 1. The number of fused-ring (bicyclic) bond motifs is 1. The van der Waals surface area contributed by atoms with Gasteiger partial charge in [-0.15, -0.1) is 12.4 Å². The SMILES string of the molecule is CC(C)N=C(N)c1ccc2nc(NC(=O)c3ccccc3)sc2c1.Cl. The number of carbonyl (C=O) groups excluding carboxylic acids is 1. The summed E-state index contributed by atoms with van der Waals surface area (Å²) in [6.45, 7) is 3.96. The standard InChI is InChI=1S/C18H18N4OS.ClH/c1-11(2)20-16(19)13-8-9-14-15(10-13)24-18(21-14)22-17(23)12-6-4-3-5-7-12;/h3-11H,1-2H3,(H2,19,20)(H,21,22,23);1H. The van der Waals surface area contributed by atoms with Gasteiger partial charge < -0.3 is 5.73 Å². The van der Waals surface area contributed by atoms with E-state index in [0.29, 0.717) is 16.5 Å². The average molecular weight is 375 g/mol. The highest BCUT2D eigenvalue weighted by Gasteiger charge is 2.10. The van der Waals surface area contributed by atoms with Gasteiger partial charge in [0.25, 0.3) is 5.91 Å². The van der Waals surface area contributed by atoms with Crippen LogP contribution in [-0.2, 0) is 0 Å². The first-order valence-corrected chi connectivity index (χ1v) is 8.45. The largest absolute Gasteiger partial charge is 0.383 e. The molecule has 0 saturated heterocycles. The van der Waals surface area contributed by atoms with Crippen molar-refractivity contribution in [2.45, 2.75) is 19.9 Å². The summed E-state index contributed by atoms with van der Waals surface area (Å²) in [4.78, 5) is 21.0. The third-order valence-electron chi connectivity index (χ3n) is 3.34. The fraction of sp³-hybridized carbons (Fsp3) is 0.167. The molecule has 3 rings (SSSR count). The number of anilines is 1. The zero-order chi connectivity index (χ0) is 17.1. The minimum atomic E-state index is -0.171. The summed E-state index contributed by atoms with van der Waals surface area (Å²) in [5.74, 6) is 0.339. The molecule has 0 spiro atoms. The number of thiazole rings is 1. The summed E-state index contributed by atoms with van der Waals surface area (Å²) in [5.41, 5.74) is 8.30. The molecule has 0 aliphatic carbocycles. The molecule has 3 N–H and O–H groups in total. The van der Waals surface area contributed by atoms with E-state index in [9.17, 15) is 4.79 Å². The van der Waals surface area contributed by atoms with Crippen molar-refractivity contribution in [1.29, 1.82) is 0 Å². The van der Waals surface area contributed by atoms with Gasteiger partial charge in [-0.25, -0.2) is 4.98 Å². The van der Waals surface area contributed by atoms with Crippen LogP contribution in [0.1, 0.15) is 29.8 Å². The van der Waals surface area contributed by atoms with E-state index in [1.165, 1.54) is 11.3 Å². The summed E-state index contributed by atoms with van der Waals surface area (Å²) < 4.78 is 0.956. The third kappa shape index (κ3) is 4.55. The Balaban J connectivity index is 0.00000225. The van der Waals surface area contributed by atoms with E-state index in [-0.39, 0.29) is 24.4 Å². The molecule has 7 heteroatoms. The van der Waals surface area contributed by atoms with Crippen LogP contribution < -0.4 is 11.1 Å². The van der Waals surface area contributed by atoms with Gasteiger partial charge in [0.2, 0.25) is 0 Å². The molecule has 25 heavy (non-hydrogen) atoms. The number of nitrogens with one attached hydrogen (secondary N) is 1. The maximum Gasteiger partial charge on any atom is 0.257 e. The Kier molecular flexibility index (Phi) is 6.12. The van der Waals surface area contributed by atoms with Gasteiger partial charge in [-0.2, -0.15) is 0 Å². The van der Waals surface area contributed by atoms with E-state index in [1.807, 2.05) is 50.2 Å². The monoisotopic (exact) mass is 374 g/mol. The van der Waals surface area contributed by atoms with Crippen LogP contribution in [0.2, 0.25) is 0 Å². The summed E-state index contributed by atoms with van der Waals surface area (Å²) >= 11 is 1.42. The lowest BCUT2D eigenvalue weighted by Gasteiger charge is -2.02. The van der Waals surface area contributed by atoms with Crippen LogP contribution >= 0.6 is 23.7 Å². The van der Waals surface area contributed by atoms with Crippen molar-refractivity contribution < 1.29 is 4.79 Å². The molecule has 0 aliphatic heterocycles. The van der Waals surface area contributed by atoms with Gasteiger partial charge in [0.15, 0.2) is 5.13 Å². The number of nitrogens with two attached hydrogens (primary N) is 1. The maximum atomic E-state index is 12.2. The molecular formula is C18H19ClN4OS. The summed E-state index contributed by atoms with van der Waals surface area (Å²) in [5, 5.41) is 3.40. The van der Waals surface area contributed by atoms with Crippen LogP contribution in [0.4, 0.5) is 5.13 Å². The van der Waals surface area contributed by atoms with E-state index in [1.54, 1.807) is 12.1 Å². The van der Waals surface area contributed by atoms with Crippen molar-refractivity contribution in [3.8, 4) is 0 Å². The van der Waals surface area contributed by atoms with E-state index in [4.69, 9.17) is 5.73 Å². The number of nitrogens with zero attached hydrogens (tertiary/aromatic N) is 2. The van der Waals surface area contributed by atoms with E-state index in [0.717, 1.165) is 15.8 Å². The number of amides is 1. The van der Waals surface area contributed by atoms with Crippen molar-refractivity contribution in [3.05, 3.63) is 59.7 Å². The molecule has 130 valence electrons. The molecule has 0 unspecified atom stereocenters. The molecule has 1 aromatic heterocycles. The number of halogens is 1. The topological polar surface area (TPSA) is 80.4 Å². The van der Waals surface area contributed by atoms with Crippen LogP contribution in [0.5, 0.6) is 0 Å². The lowest BCUT2D eigenvalue weighted by Crippen LogP contribution is -2.15. The zero-order valence-corrected chi connectivity index (χ0v) is 15.5. The Morgan fingerprint density at radius 3 is 2.56 bits per heavy atom. The second-order valence-electron chi connectivity index (χ2n) is 5.63. The Morgan fingerprint density at radius 1 is 1.16 bits per heavy atom. The molecule has 3 aromatic rings. The van der Waals surface area contributed by atoms with Gasteiger partial charge in [0.05, 0.1) is 10.2 Å². The summed E-state index contributed by atoms with van der Waals surface area (Å²) in [7, 11) is 0. The Hall–Kier alpha value is -2.44. The van der Waals surface area contributed by atoms with Crippen LogP contribution in [0.25, 0.3) is 10.2 Å². The lowest BCUT2D eigenvalue weighted by atomic mass is 10.2. The molecular weight excluding hydrogens is 356 g/mol. The van der Waals surface area contributed by atoms with Gasteiger partial charge in [0.1, 0.15) is 5.84 Å². The van der Waals surface area contributed by atoms with Crippen molar-refractivity contribution in [3.63, 3.8) is 0 Å². The maximum absolute atomic E-state index is 12.2. The quantitative estimate of drug-likeness (QED) is 0.533. The van der Waals surface area contributed by atoms with Crippen LogP contribution in [0.15, 0.2) is 53.5 Å². The Bertz CT molecular complexity index is 906. The van der Waals surface area contributed by atoms with Crippen LogP contribution in [-0.4, -0.2) is 22.8 Å². The number of rotatable bonds is 4. The highest BCUT2D eigenvalue weighted by molar-refractivity contribution is 7.22. The van der Waals surface area contributed by atoms with Gasteiger partial charge in [-0.1, -0.05) is 29.5 Å². The molecule has 0 bridgehead atoms. The average Bonchev–Trinajstić information content (AvgIpc) is 2.96. The van der Waals surface area contributed by atoms with E-state index >= 15 is 0 Å². The molecule has 0 atom stereocenters. The normalized spacial score (nSPS) is 11.4. The number of hydrogen-bond donors (Lipinski definition) is 2. The van der Waals surface area contributed by atoms with Gasteiger partial charge >= 0.3 is 0 Å². The van der Waals surface area contributed by atoms with Crippen molar-refractivity contribution >= 4 is 50.8 Å². The number of carbonyl (C=O) groups is 1. The Labute approximate surface area is 156 Å². The number of hydrogen-bond acceptors (Lipinski definition) is 4. The van der Waals surface area contributed by atoms with Crippen LogP contribution in [0, 0.1) is 0 Å². The van der Waals surface area contributed by atoms with Crippen molar-refractivity contribution in [2.24, 2.45) is 10.7 Å². The minimum absolute atomic E-state index is 0. The first-order chi connectivity index (χ1) is 11.5. The molecule has 5 nitrogen and oxygen atoms in total. The second kappa shape index (κ2) is 8.09. The minimum Gasteiger partial charge on any atom is -0.383 e. The first-order valence-electron chi connectivity index (χ1n) is 7.63. The number of benzene rings is 2. The molecule has 1 heterocycles. The van der Waals surface area contributed by atoms with Gasteiger partial charge in [-0.05, 0) is 44.2 Å². The molecule has 0 radical (unpaired) electrons. The molecule has 0 saturated carbocycles. The van der Waals surface area contributed by atoms with Crippen molar-refractivity contribution in [1.82, 2.24) is 4.98 Å². The summed E-state index contributed by atoms with van der Waals surface area (Å²) in [6, 6.07) is 14.9. The van der Waals surface area contributed by atoms with Gasteiger partial charge in [0, 0.05) is 17.2 Å². The predicted octanol–water partition coefficient (Wildman–Crippen LogP) is 4.08. The molecule has 1 amide bonds. The smallest absolute Gasteiger partial charge is 0.257 e. The lowest BCUT2D eigenvalue weighted by molar-refractivity contribution is 0.102. The predicted molar refractivity (Wildman–Crippen MR) is 107 cm³/mol. The molecule has 2 aromatic carbocycles. The van der Waals surface area contributed by atoms with Crippen molar-refractivity contribution in [2.75, 3.05) is 5.32 Å². The molecule has 0 fully saturated rings. The Morgan fingerprint density at radius 2 is 1.88 bits per heavy atom.